The summed E-state index contributed by atoms with van der Waals surface area (Å²) in [6.07, 6.45) is 3.27. The van der Waals surface area contributed by atoms with Crippen LogP contribution in [0.3, 0.4) is 0 Å². The molecule has 2 rings (SSSR count). The van der Waals surface area contributed by atoms with E-state index in [1.807, 2.05) is 6.92 Å². The van der Waals surface area contributed by atoms with Crippen LogP contribution in [0.25, 0.3) is 5.78 Å². The van der Waals surface area contributed by atoms with Gasteiger partial charge in [-0.25, -0.2) is 14.8 Å². The van der Waals surface area contributed by atoms with Crippen LogP contribution in [-0.2, 0) is 0 Å². The Labute approximate surface area is 80.0 Å². The second-order valence-corrected chi connectivity index (χ2v) is 3.13. The molecule has 0 fully saturated rings. The molecule has 0 aliphatic carbocycles. The third kappa shape index (κ3) is 1.22. The minimum atomic E-state index is -0.969. The average molecular weight is 191 g/mol. The zero-order valence-corrected chi connectivity index (χ0v) is 7.85. The molecule has 0 spiro atoms. The van der Waals surface area contributed by atoms with E-state index in [-0.39, 0.29) is 5.56 Å². The number of hydrogen-bond donors (Lipinski definition) is 1. The molecule has 0 bridgehead atoms. The number of carboxylic acids is 1. The van der Waals surface area contributed by atoms with Crippen molar-refractivity contribution < 1.29 is 9.90 Å². The summed E-state index contributed by atoms with van der Waals surface area (Å²) in [6, 6.07) is 0. The predicted octanol–water partition coefficient (Wildman–Crippen LogP) is 1.04. The number of aromatic nitrogens is 3. The molecule has 0 amide bonds. The summed E-state index contributed by atoms with van der Waals surface area (Å²) < 4.78 is 1.62. The molecule has 14 heavy (non-hydrogen) atoms. The molecule has 5 heteroatoms. The number of carbonyl (C=O) groups is 1. The predicted molar refractivity (Wildman–Crippen MR) is 49.4 cm³/mol. The minimum Gasteiger partial charge on any atom is -0.478 e. The van der Waals surface area contributed by atoms with Crippen LogP contribution in [-0.4, -0.2) is 25.4 Å². The van der Waals surface area contributed by atoms with Gasteiger partial charge in [-0.3, -0.25) is 4.40 Å². The molecule has 2 heterocycles. The van der Waals surface area contributed by atoms with Crippen LogP contribution in [0.1, 0.15) is 21.7 Å². The number of imidazole rings is 1. The van der Waals surface area contributed by atoms with Crippen LogP contribution in [0.5, 0.6) is 0 Å². The van der Waals surface area contributed by atoms with Crippen molar-refractivity contribution in [2.75, 3.05) is 0 Å². The van der Waals surface area contributed by atoms with Crippen molar-refractivity contribution in [1.29, 1.82) is 0 Å². The van der Waals surface area contributed by atoms with Crippen molar-refractivity contribution in [2.45, 2.75) is 13.8 Å². The normalized spacial score (nSPS) is 10.7. The first-order valence-corrected chi connectivity index (χ1v) is 4.14. The molecule has 2 aromatic rings. The molecule has 0 radical (unpaired) electrons. The number of aryl methyl sites for hydroxylation is 2. The fourth-order valence-corrected chi connectivity index (χ4v) is 1.33. The zero-order valence-electron chi connectivity index (χ0n) is 7.85. The van der Waals surface area contributed by atoms with Crippen LogP contribution in [0.4, 0.5) is 0 Å². The van der Waals surface area contributed by atoms with Crippen LogP contribution < -0.4 is 0 Å². The Morgan fingerprint density at radius 2 is 2.07 bits per heavy atom. The molecule has 0 saturated carbocycles. The fourth-order valence-electron chi connectivity index (χ4n) is 1.33. The molecular weight excluding hydrogens is 182 g/mol. The number of carboxylic acid groups (broad SMARTS) is 1. The third-order valence-corrected chi connectivity index (χ3v) is 1.99. The Bertz CT molecular complexity index is 516. The smallest absolute Gasteiger partial charge is 0.339 e. The Balaban J connectivity index is 2.76. The van der Waals surface area contributed by atoms with Crippen LogP contribution in [0, 0.1) is 13.8 Å². The summed E-state index contributed by atoms with van der Waals surface area (Å²) in [5, 5.41) is 8.86. The van der Waals surface area contributed by atoms with Crippen LogP contribution in [0.2, 0.25) is 0 Å². The second kappa shape index (κ2) is 2.80. The van der Waals surface area contributed by atoms with E-state index >= 15 is 0 Å². The first-order chi connectivity index (χ1) is 6.58. The maximum absolute atomic E-state index is 10.8. The van der Waals surface area contributed by atoms with E-state index in [2.05, 4.69) is 9.97 Å². The van der Waals surface area contributed by atoms with E-state index in [0.717, 1.165) is 5.69 Å². The van der Waals surface area contributed by atoms with E-state index in [1.54, 1.807) is 17.5 Å². The molecule has 1 N–H and O–H groups in total. The van der Waals surface area contributed by atoms with E-state index in [0.29, 0.717) is 11.5 Å². The molecule has 0 unspecified atom stereocenters. The monoisotopic (exact) mass is 191 g/mol. The lowest BCUT2D eigenvalue weighted by atomic mass is 10.2. The van der Waals surface area contributed by atoms with Gasteiger partial charge >= 0.3 is 5.97 Å². The molecule has 0 saturated heterocycles. The number of fused-ring (bicyclic) bond motifs is 1. The molecule has 0 atom stereocenters. The molecule has 72 valence electrons. The second-order valence-electron chi connectivity index (χ2n) is 3.13. The van der Waals surface area contributed by atoms with E-state index < -0.39 is 5.97 Å². The summed E-state index contributed by atoms with van der Waals surface area (Å²) in [5.74, 6) is -0.437. The summed E-state index contributed by atoms with van der Waals surface area (Å²) >= 11 is 0. The third-order valence-electron chi connectivity index (χ3n) is 1.99. The van der Waals surface area contributed by atoms with Gasteiger partial charge in [-0.1, -0.05) is 0 Å². The summed E-state index contributed by atoms with van der Waals surface area (Å²) in [7, 11) is 0. The largest absolute Gasteiger partial charge is 0.478 e. The highest BCUT2D eigenvalue weighted by molar-refractivity contribution is 5.88. The van der Waals surface area contributed by atoms with E-state index in [4.69, 9.17) is 5.11 Å². The van der Waals surface area contributed by atoms with Gasteiger partial charge in [0.1, 0.15) is 0 Å². The Morgan fingerprint density at radius 3 is 2.71 bits per heavy atom. The lowest BCUT2D eigenvalue weighted by Crippen LogP contribution is -2.04. The van der Waals surface area contributed by atoms with Gasteiger partial charge in [0.15, 0.2) is 0 Å². The SMILES string of the molecule is Cc1cn2cc(C(=O)O)c(C)nc2n1. The number of nitrogens with zero attached hydrogens (tertiary/aromatic N) is 3. The first kappa shape index (κ1) is 8.68. The molecule has 2 aromatic heterocycles. The van der Waals surface area contributed by atoms with Gasteiger partial charge in [-0.2, -0.15) is 0 Å². The fraction of sp³-hybridized carbons (Fsp3) is 0.222. The minimum absolute atomic E-state index is 0.204. The lowest BCUT2D eigenvalue weighted by Gasteiger charge is -1.99. The summed E-state index contributed by atoms with van der Waals surface area (Å²) in [6.45, 7) is 3.50. The summed E-state index contributed by atoms with van der Waals surface area (Å²) in [5.41, 5.74) is 1.50. The molecule has 0 aliphatic heterocycles. The Hall–Kier alpha value is -1.91. The van der Waals surface area contributed by atoms with Gasteiger partial charge in [0, 0.05) is 12.4 Å². The molecular formula is C9H9N3O2. The van der Waals surface area contributed by atoms with Crippen molar-refractivity contribution in [3.63, 3.8) is 0 Å². The van der Waals surface area contributed by atoms with Crippen molar-refractivity contribution >= 4 is 11.7 Å². The molecule has 0 aromatic carbocycles. The highest BCUT2D eigenvalue weighted by Crippen LogP contribution is 2.08. The standard InChI is InChI=1S/C9H9N3O2/c1-5-3-12-4-7(8(13)14)6(2)11-9(12)10-5/h3-4H,1-2H3,(H,13,14). The van der Waals surface area contributed by atoms with Crippen molar-refractivity contribution in [1.82, 2.24) is 14.4 Å². The van der Waals surface area contributed by atoms with Crippen LogP contribution >= 0.6 is 0 Å². The van der Waals surface area contributed by atoms with E-state index in [1.165, 1.54) is 6.20 Å². The van der Waals surface area contributed by atoms with Crippen molar-refractivity contribution in [3.8, 4) is 0 Å². The molecule has 0 aliphatic rings. The van der Waals surface area contributed by atoms with Gasteiger partial charge in [0.05, 0.1) is 17.0 Å². The maximum atomic E-state index is 10.8. The van der Waals surface area contributed by atoms with Gasteiger partial charge in [0.2, 0.25) is 5.78 Å². The van der Waals surface area contributed by atoms with E-state index in [9.17, 15) is 4.79 Å². The van der Waals surface area contributed by atoms with Gasteiger partial charge in [0.25, 0.3) is 0 Å². The zero-order chi connectivity index (χ0) is 10.3. The Morgan fingerprint density at radius 1 is 1.36 bits per heavy atom. The highest BCUT2D eigenvalue weighted by Gasteiger charge is 2.10. The van der Waals surface area contributed by atoms with Gasteiger partial charge in [-0.15, -0.1) is 0 Å². The Kier molecular flexibility index (Phi) is 1.73. The van der Waals surface area contributed by atoms with Gasteiger partial charge < -0.3 is 5.11 Å². The van der Waals surface area contributed by atoms with Gasteiger partial charge in [-0.05, 0) is 13.8 Å². The number of hydrogen-bond acceptors (Lipinski definition) is 3. The summed E-state index contributed by atoms with van der Waals surface area (Å²) in [4.78, 5) is 19.0. The maximum Gasteiger partial charge on any atom is 0.339 e. The first-order valence-electron chi connectivity index (χ1n) is 4.14. The molecule has 5 nitrogen and oxygen atoms in total. The topological polar surface area (TPSA) is 67.5 Å². The number of aromatic carboxylic acids is 1. The number of rotatable bonds is 1. The lowest BCUT2D eigenvalue weighted by molar-refractivity contribution is 0.0695. The quantitative estimate of drug-likeness (QED) is 0.731. The van der Waals surface area contributed by atoms with Crippen LogP contribution in [0.15, 0.2) is 12.4 Å². The highest BCUT2D eigenvalue weighted by atomic mass is 16.4. The average Bonchev–Trinajstić information content (AvgIpc) is 2.42. The van der Waals surface area contributed by atoms with Crippen molar-refractivity contribution in [2.24, 2.45) is 0 Å². The van der Waals surface area contributed by atoms with Crippen molar-refractivity contribution in [3.05, 3.63) is 29.3 Å².